The minimum absolute atomic E-state index is 0.213. The van der Waals surface area contributed by atoms with E-state index >= 15 is 0 Å². The lowest BCUT2D eigenvalue weighted by Gasteiger charge is -2.29. The quantitative estimate of drug-likeness (QED) is 0.788. The number of amides is 1. The van der Waals surface area contributed by atoms with Crippen molar-refractivity contribution in [2.24, 2.45) is 11.3 Å². The number of alkyl halides is 1. The molecular formula is C14H26BrNO. The van der Waals surface area contributed by atoms with Gasteiger partial charge in [-0.25, -0.2) is 0 Å². The minimum Gasteiger partial charge on any atom is -0.353 e. The summed E-state index contributed by atoms with van der Waals surface area (Å²) >= 11 is 3.64. The molecule has 1 unspecified atom stereocenters. The average Bonchev–Trinajstić information content (AvgIpc) is 2.20. The van der Waals surface area contributed by atoms with Gasteiger partial charge >= 0.3 is 0 Å². The van der Waals surface area contributed by atoms with Gasteiger partial charge in [0.2, 0.25) is 5.91 Å². The molecule has 0 spiro atoms. The molecular weight excluding hydrogens is 278 g/mol. The first-order valence-electron chi connectivity index (χ1n) is 6.72. The fraction of sp³-hybridized carbons (Fsp3) is 0.929. The summed E-state index contributed by atoms with van der Waals surface area (Å²) in [6.07, 6.45) is 5.24. The second-order valence-corrected chi connectivity index (χ2v) is 7.78. The molecule has 1 aliphatic carbocycles. The zero-order chi connectivity index (χ0) is 13.1. The van der Waals surface area contributed by atoms with Gasteiger partial charge in [-0.2, -0.15) is 0 Å². The summed E-state index contributed by atoms with van der Waals surface area (Å²) in [6.45, 7) is 8.75. The molecule has 0 bridgehead atoms. The van der Waals surface area contributed by atoms with Crippen LogP contribution < -0.4 is 5.32 Å². The molecule has 100 valence electrons. The van der Waals surface area contributed by atoms with E-state index in [1.165, 1.54) is 12.8 Å². The maximum atomic E-state index is 11.9. The van der Waals surface area contributed by atoms with E-state index in [1.54, 1.807) is 0 Å². The highest BCUT2D eigenvalue weighted by Crippen LogP contribution is 2.28. The molecule has 1 saturated carbocycles. The van der Waals surface area contributed by atoms with Crippen LogP contribution in [0.25, 0.3) is 0 Å². The Hall–Kier alpha value is -0.0500. The van der Waals surface area contributed by atoms with Crippen molar-refractivity contribution >= 4 is 21.8 Å². The van der Waals surface area contributed by atoms with E-state index in [1.807, 2.05) is 0 Å². The van der Waals surface area contributed by atoms with Crippen LogP contribution in [-0.4, -0.2) is 16.8 Å². The smallest absolute Gasteiger partial charge is 0.220 e. The van der Waals surface area contributed by atoms with Crippen LogP contribution in [0.5, 0.6) is 0 Å². The molecule has 0 saturated heterocycles. The predicted octanol–water partition coefficient (Wildman–Crippen LogP) is 3.88. The second kappa shape index (κ2) is 6.21. The Morgan fingerprint density at radius 1 is 1.29 bits per heavy atom. The highest BCUT2D eigenvalue weighted by atomic mass is 79.9. The molecule has 0 aromatic carbocycles. The molecule has 0 radical (unpaired) electrons. The Bertz CT molecular complexity index is 251. The van der Waals surface area contributed by atoms with Gasteiger partial charge in [0.05, 0.1) is 0 Å². The summed E-state index contributed by atoms with van der Waals surface area (Å²) < 4.78 is 0. The number of hydrogen-bond donors (Lipinski definition) is 1. The highest BCUT2D eigenvalue weighted by molar-refractivity contribution is 9.09. The minimum atomic E-state index is 0.213. The van der Waals surface area contributed by atoms with E-state index in [9.17, 15) is 4.79 Å². The van der Waals surface area contributed by atoms with Crippen molar-refractivity contribution in [2.75, 3.05) is 0 Å². The standard InChI is InChI=1S/C14H26BrNO/c1-10(14(2,3)4)9-13(17)16-12-7-5-11(15)6-8-12/h10-12H,5-9H2,1-4H3,(H,16,17). The molecule has 0 aliphatic heterocycles. The van der Waals surface area contributed by atoms with Crippen LogP contribution in [0.15, 0.2) is 0 Å². The summed E-state index contributed by atoms with van der Waals surface area (Å²) in [5.41, 5.74) is 0.213. The normalized spacial score (nSPS) is 27.6. The van der Waals surface area contributed by atoms with Crippen molar-refractivity contribution in [1.82, 2.24) is 5.32 Å². The lowest BCUT2D eigenvalue weighted by atomic mass is 9.80. The van der Waals surface area contributed by atoms with Crippen LogP contribution in [0.3, 0.4) is 0 Å². The molecule has 1 N–H and O–H groups in total. The van der Waals surface area contributed by atoms with Crippen molar-refractivity contribution in [1.29, 1.82) is 0 Å². The number of hydrogen-bond acceptors (Lipinski definition) is 1. The van der Waals surface area contributed by atoms with Crippen molar-refractivity contribution in [3.8, 4) is 0 Å². The summed E-state index contributed by atoms with van der Waals surface area (Å²) in [7, 11) is 0. The number of halogens is 1. The van der Waals surface area contributed by atoms with Crippen molar-refractivity contribution < 1.29 is 4.79 Å². The summed E-state index contributed by atoms with van der Waals surface area (Å²) in [5, 5.41) is 3.18. The van der Waals surface area contributed by atoms with Gasteiger partial charge in [-0.1, -0.05) is 43.6 Å². The van der Waals surface area contributed by atoms with Gasteiger partial charge in [0.25, 0.3) is 0 Å². The molecule has 0 aromatic heterocycles. The lowest BCUT2D eigenvalue weighted by Crippen LogP contribution is -2.39. The van der Waals surface area contributed by atoms with Gasteiger partial charge in [0.1, 0.15) is 0 Å². The first-order valence-corrected chi connectivity index (χ1v) is 7.64. The van der Waals surface area contributed by atoms with Crippen LogP contribution >= 0.6 is 15.9 Å². The topological polar surface area (TPSA) is 29.1 Å². The van der Waals surface area contributed by atoms with Crippen LogP contribution in [0, 0.1) is 11.3 Å². The molecule has 17 heavy (non-hydrogen) atoms. The Morgan fingerprint density at radius 3 is 2.29 bits per heavy atom. The number of carbonyl (C=O) groups excluding carboxylic acids is 1. The average molecular weight is 304 g/mol. The van der Waals surface area contributed by atoms with Gasteiger partial charge in [0.15, 0.2) is 0 Å². The van der Waals surface area contributed by atoms with Crippen molar-refractivity contribution in [3.63, 3.8) is 0 Å². The zero-order valence-corrected chi connectivity index (χ0v) is 13.1. The third-order valence-corrected chi connectivity index (χ3v) is 4.91. The van der Waals surface area contributed by atoms with Gasteiger partial charge < -0.3 is 5.32 Å². The first-order chi connectivity index (χ1) is 7.79. The molecule has 1 atom stereocenters. The molecule has 2 nitrogen and oxygen atoms in total. The fourth-order valence-corrected chi connectivity index (χ4v) is 2.60. The Morgan fingerprint density at radius 2 is 1.82 bits per heavy atom. The van der Waals surface area contributed by atoms with E-state index in [4.69, 9.17) is 0 Å². The van der Waals surface area contributed by atoms with Crippen molar-refractivity contribution in [3.05, 3.63) is 0 Å². The maximum Gasteiger partial charge on any atom is 0.220 e. The van der Waals surface area contributed by atoms with Crippen LogP contribution in [0.2, 0.25) is 0 Å². The Balaban J connectivity index is 2.30. The third-order valence-electron chi connectivity index (χ3n) is 3.99. The maximum absolute atomic E-state index is 11.9. The van der Waals surface area contributed by atoms with Crippen LogP contribution in [-0.2, 0) is 4.79 Å². The lowest BCUT2D eigenvalue weighted by molar-refractivity contribution is -0.123. The molecule has 1 rings (SSSR count). The molecule has 3 heteroatoms. The van der Waals surface area contributed by atoms with E-state index in [-0.39, 0.29) is 11.3 Å². The SMILES string of the molecule is CC(CC(=O)NC1CCC(Br)CC1)C(C)(C)C. The van der Waals surface area contributed by atoms with E-state index in [0.717, 1.165) is 12.8 Å². The van der Waals surface area contributed by atoms with E-state index < -0.39 is 0 Å². The summed E-state index contributed by atoms with van der Waals surface area (Å²) in [5.74, 6) is 0.653. The molecule has 0 heterocycles. The van der Waals surface area contributed by atoms with Crippen LogP contribution in [0.4, 0.5) is 0 Å². The fourth-order valence-electron chi connectivity index (χ4n) is 2.07. The number of rotatable bonds is 3. The van der Waals surface area contributed by atoms with E-state index in [2.05, 4.69) is 48.9 Å². The largest absolute Gasteiger partial charge is 0.353 e. The number of carbonyl (C=O) groups is 1. The van der Waals surface area contributed by atoms with Crippen molar-refractivity contribution in [2.45, 2.75) is 70.7 Å². The summed E-state index contributed by atoms with van der Waals surface area (Å²) in [4.78, 5) is 12.6. The monoisotopic (exact) mass is 303 g/mol. The van der Waals surface area contributed by atoms with Gasteiger partial charge in [-0.05, 0) is 37.0 Å². The highest BCUT2D eigenvalue weighted by Gasteiger charge is 2.25. The second-order valence-electron chi connectivity index (χ2n) is 6.49. The Labute approximate surface area is 114 Å². The first kappa shape index (κ1) is 15.0. The Kier molecular flexibility index (Phi) is 5.49. The zero-order valence-electron chi connectivity index (χ0n) is 11.6. The van der Waals surface area contributed by atoms with Gasteiger partial charge in [-0.3, -0.25) is 4.79 Å². The molecule has 1 aliphatic rings. The van der Waals surface area contributed by atoms with Gasteiger partial charge in [-0.15, -0.1) is 0 Å². The third kappa shape index (κ3) is 5.41. The molecule has 1 amide bonds. The van der Waals surface area contributed by atoms with Gasteiger partial charge in [0, 0.05) is 17.3 Å². The number of nitrogens with one attached hydrogen (secondary N) is 1. The van der Waals surface area contributed by atoms with E-state index in [0.29, 0.717) is 23.2 Å². The summed E-state index contributed by atoms with van der Waals surface area (Å²) in [6, 6.07) is 0.406. The van der Waals surface area contributed by atoms with Crippen LogP contribution in [0.1, 0.15) is 59.8 Å². The predicted molar refractivity (Wildman–Crippen MR) is 76.3 cm³/mol. The molecule has 1 fully saturated rings. The molecule has 0 aromatic rings.